The maximum atomic E-state index is 10.9. The molecule has 12 heavy (non-hydrogen) atoms. The fourth-order valence-electron chi connectivity index (χ4n) is 0.567. The molecule has 0 aliphatic heterocycles. The Morgan fingerprint density at radius 1 is 1.50 bits per heavy atom. The second kappa shape index (κ2) is 5.35. The summed E-state index contributed by atoms with van der Waals surface area (Å²) < 4.78 is 0. The third kappa shape index (κ3) is 4.49. The largest absolute Gasteiger partial charge is 0.366 e. The van der Waals surface area contributed by atoms with Crippen molar-refractivity contribution in [2.24, 2.45) is 5.73 Å². The Hall–Kier alpha value is -1.32. The van der Waals surface area contributed by atoms with E-state index in [4.69, 9.17) is 5.73 Å². The molecule has 0 bridgehead atoms. The number of hydrogen-bond donors (Lipinski definition) is 2. The average molecular weight is 170 g/mol. The molecule has 0 saturated heterocycles. The molecule has 0 fully saturated rings. The SMILES string of the molecule is CCCNC(=O)/C=C(/C)C(N)=O. The molecular weight excluding hydrogens is 156 g/mol. The lowest BCUT2D eigenvalue weighted by molar-refractivity contribution is -0.118. The molecule has 0 aliphatic carbocycles. The molecule has 2 amide bonds. The van der Waals surface area contributed by atoms with Crippen LogP contribution in [0.15, 0.2) is 11.6 Å². The van der Waals surface area contributed by atoms with E-state index < -0.39 is 5.91 Å². The molecule has 0 aliphatic rings. The van der Waals surface area contributed by atoms with Gasteiger partial charge in [0.15, 0.2) is 0 Å². The van der Waals surface area contributed by atoms with Gasteiger partial charge < -0.3 is 11.1 Å². The molecule has 3 N–H and O–H groups in total. The van der Waals surface area contributed by atoms with Crippen molar-refractivity contribution in [1.29, 1.82) is 0 Å². The van der Waals surface area contributed by atoms with Crippen LogP contribution >= 0.6 is 0 Å². The molecular formula is C8H14N2O2. The standard InChI is InChI=1S/C8H14N2O2/c1-3-4-10-7(11)5-6(2)8(9)12/h5H,3-4H2,1-2H3,(H2,9,12)(H,10,11)/b6-5-. The molecule has 4 heteroatoms. The van der Waals surface area contributed by atoms with E-state index in [2.05, 4.69) is 5.32 Å². The van der Waals surface area contributed by atoms with Crippen LogP contribution in [0, 0.1) is 0 Å². The Morgan fingerprint density at radius 2 is 2.08 bits per heavy atom. The monoisotopic (exact) mass is 170 g/mol. The van der Waals surface area contributed by atoms with E-state index in [1.54, 1.807) is 0 Å². The van der Waals surface area contributed by atoms with E-state index >= 15 is 0 Å². The average Bonchev–Trinajstić information content (AvgIpc) is 2.00. The van der Waals surface area contributed by atoms with Crippen molar-refractivity contribution in [3.8, 4) is 0 Å². The molecule has 0 aromatic carbocycles. The van der Waals surface area contributed by atoms with Gasteiger partial charge in [-0.05, 0) is 13.3 Å². The maximum absolute atomic E-state index is 10.9. The van der Waals surface area contributed by atoms with Gasteiger partial charge in [-0.3, -0.25) is 9.59 Å². The predicted octanol–water partition coefficient (Wildman–Crippen LogP) is -0.0558. The van der Waals surface area contributed by atoms with Gasteiger partial charge in [-0.25, -0.2) is 0 Å². The highest BCUT2D eigenvalue weighted by molar-refractivity contribution is 5.99. The highest BCUT2D eigenvalue weighted by Crippen LogP contribution is 1.88. The number of nitrogens with one attached hydrogen (secondary N) is 1. The number of nitrogens with two attached hydrogens (primary N) is 1. The van der Waals surface area contributed by atoms with Gasteiger partial charge in [0.1, 0.15) is 0 Å². The Bertz CT molecular complexity index is 209. The predicted molar refractivity (Wildman–Crippen MR) is 46.3 cm³/mol. The fourth-order valence-corrected chi connectivity index (χ4v) is 0.567. The summed E-state index contributed by atoms with van der Waals surface area (Å²) in [6, 6.07) is 0. The summed E-state index contributed by atoms with van der Waals surface area (Å²) in [6.45, 7) is 4.07. The minimum Gasteiger partial charge on any atom is -0.366 e. The van der Waals surface area contributed by atoms with E-state index in [0.29, 0.717) is 6.54 Å². The zero-order chi connectivity index (χ0) is 9.56. The van der Waals surface area contributed by atoms with Crippen LogP contribution in [-0.2, 0) is 9.59 Å². The van der Waals surface area contributed by atoms with Gasteiger partial charge in [0, 0.05) is 18.2 Å². The van der Waals surface area contributed by atoms with E-state index in [1.165, 1.54) is 13.0 Å². The van der Waals surface area contributed by atoms with Gasteiger partial charge in [-0.2, -0.15) is 0 Å². The molecule has 0 aromatic rings. The smallest absolute Gasteiger partial charge is 0.244 e. The highest BCUT2D eigenvalue weighted by Gasteiger charge is 2.00. The summed E-state index contributed by atoms with van der Waals surface area (Å²) in [5, 5.41) is 2.60. The summed E-state index contributed by atoms with van der Waals surface area (Å²) in [6.07, 6.45) is 2.08. The lowest BCUT2D eigenvalue weighted by Gasteiger charge is -1.98. The van der Waals surface area contributed by atoms with Crippen LogP contribution in [0.2, 0.25) is 0 Å². The second-order valence-corrected chi connectivity index (χ2v) is 2.48. The summed E-state index contributed by atoms with van der Waals surface area (Å²) in [4.78, 5) is 21.4. The highest BCUT2D eigenvalue weighted by atomic mass is 16.2. The summed E-state index contributed by atoms with van der Waals surface area (Å²) in [5.74, 6) is -0.838. The number of carbonyl (C=O) groups is 2. The minimum absolute atomic E-state index is 0.267. The van der Waals surface area contributed by atoms with Gasteiger partial charge in [-0.1, -0.05) is 6.92 Å². The third-order valence-corrected chi connectivity index (χ3v) is 1.29. The minimum atomic E-state index is -0.568. The summed E-state index contributed by atoms with van der Waals surface area (Å²) >= 11 is 0. The van der Waals surface area contributed by atoms with Crippen molar-refractivity contribution in [2.45, 2.75) is 20.3 Å². The van der Waals surface area contributed by atoms with Gasteiger partial charge in [0.05, 0.1) is 0 Å². The van der Waals surface area contributed by atoms with Gasteiger partial charge in [-0.15, -0.1) is 0 Å². The van der Waals surface area contributed by atoms with Crippen molar-refractivity contribution in [2.75, 3.05) is 6.54 Å². The first-order chi connectivity index (χ1) is 5.57. The van der Waals surface area contributed by atoms with Crippen LogP contribution in [0.1, 0.15) is 20.3 Å². The normalized spacial score (nSPS) is 11.0. The van der Waals surface area contributed by atoms with Crippen molar-refractivity contribution in [3.05, 3.63) is 11.6 Å². The van der Waals surface area contributed by atoms with Gasteiger partial charge >= 0.3 is 0 Å². The Labute approximate surface area is 71.8 Å². The third-order valence-electron chi connectivity index (χ3n) is 1.29. The molecule has 0 radical (unpaired) electrons. The molecule has 0 rings (SSSR count). The van der Waals surface area contributed by atoms with Crippen molar-refractivity contribution < 1.29 is 9.59 Å². The zero-order valence-electron chi connectivity index (χ0n) is 7.39. The second-order valence-electron chi connectivity index (χ2n) is 2.48. The van der Waals surface area contributed by atoms with Crippen molar-refractivity contribution in [1.82, 2.24) is 5.32 Å². The van der Waals surface area contributed by atoms with E-state index in [9.17, 15) is 9.59 Å². The first-order valence-corrected chi connectivity index (χ1v) is 3.83. The number of rotatable bonds is 4. The van der Waals surface area contributed by atoms with Crippen molar-refractivity contribution >= 4 is 11.8 Å². The van der Waals surface area contributed by atoms with Crippen LogP contribution < -0.4 is 11.1 Å². The van der Waals surface area contributed by atoms with Crippen LogP contribution in [0.25, 0.3) is 0 Å². The van der Waals surface area contributed by atoms with E-state index in [0.717, 1.165) is 6.42 Å². The van der Waals surface area contributed by atoms with Crippen LogP contribution in [0.4, 0.5) is 0 Å². The molecule has 0 aromatic heterocycles. The Balaban J connectivity index is 3.97. The topological polar surface area (TPSA) is 72.2 Å². The lowest BCUT2D eigenvalue weighted by atomic mass is 10.2. The van der Waals surface area contributed by atoms with Gasteiger partial charge in [0.2, 0.25) is 11.8 Å². The number of amides is 2. The first-order valence-electron chi connectivity index (χ1n) is 3.83. The summed E-state index contributed by atoms with van der Waals surface area (Å²) in [5.41, 5.74) is 5.19. The Kier molecular flexibility index (Phi) is 4.76. The lowest BCUT2D eigenvalue weighted by Crippen LogP contribution is -2.23. The number of primary amides is 1. The molecule has 0 saturated carbocycles. The Morgan fingerprint density at radius 3 is 2.50 bits per heavy atom. The molecule has 68 valence electrons. The van der Waals surface area contributed by atoms with Crippen LogP contribution in [0.5, 0.6) is 0 Å². The number of carbonyl (C=O) groups excluding carboxylic acids is 2. The van der Waals surface area contributed by atoms with Crippen LogP contribution in [-0.4, -0.2) is 18.4 Å². The van der Waals surface area contributed by atoms with Gasteiger partial charge in [0.25, 0.3) is 0 Å². The molecule has 0 atom stereocenters. The van der Waals surface area contributed by atoms with Crippen molar-refractivity contribution in [3.63, 3.8) is 0 Å². The maximum Gasteiger partial charge on any atom is 0.244 e. The molecule has 0 heterocycles. The van der Waals surface area contributed by atoms with Crippen LogP contribution in [0.3, 0.4) is 0 Å². The fraction of sp³-hybridized carbons (Fsp3) is 0.500. The van der Waals surface area contributed by atoms with E-state index in [-0.39, 0.29) is 11.5 Å². The number of hydrogen-bond acceptors (Lipinski definition) is 2. The zero-order valence-corrected chi connectivity index (χ0v) is 7.39. The molecule has 4 nitrogen and oxygen atoms in total. The van der Waals surface area contributed by atoms with E-state index in [1.807, 2.05) is 6.92 Å². The first kappa shape index (κ1) is 10.7. The molecule has 0 unspecified atom stereocenters. The quantitative estimate of drug-likeness (QED) is 0.580. The summed E-state index contributed by atoms with van der Waals surface area (Å²) in [7, 11) is 0. The molecule has 0 spiro atoms.